The van der Waals surface area contributed by atoms with Crippen molar-refractivity contribution in [1.29, 1.82) is 5.26 Å². The van der Waals surface area contributed by atoms with Crippen molar-refractivity contribution in [3.8, 4) is 17.2 Å². The smallest absolute Gasteiger partial charge is 0.268 e. The van der Waals surface area contributed by atoms with Crippen LogP contribution >= 0.6 is 11.6 Å². The van der Waals surface area contributed by atoms with Gasteiger partial charge in [0.2, 0.25) is 0 Å². The summed E-state index contributed by atoms with van der Waals surface area (Å²) in [6, 6.07) is 10.9. The van der Waals surface area contributed by atoms with Gasteiger partial charge in [0.15, 0.2) is 0 Å². The first-order chi connectivity index (χ1) is 8.54. The van der Waals surface area contributed by atoms with Gasteiger partial charge in [0, 0.05) is 23.3 Å². The number of nitrogens with zero attached hydrogens (tertiary/aromatic N) is 2. The van der Waals surface area contributed by atoms with Gasteiger partial charge in [-0.2, -0.15) is 5.26 Å². The largest absolute Gasteiger partial charge is 0.314 e. The molecule has 0 saturated carbocycles. The highest BCUT2D eigenvalue weighted by Crippen LogP contribution is 2.25. The van der Waals surface area contributed by atoms with Gasteiger partial charge in [0.05, 0.1) is 0 Å². The van der Waals surface area contributed by atoms with E-state index in [4.69, 9.17) is 16.9 Å². The summed E-state index contributed by atoms with van der Waals surface area (Å²) < 4.78 is 1.48. The van der Waals surface area contributed by atoms with E-state index in [1.807, 2.05) is 31.2 Å². The van der Waals surface area contributed by atoms with Crippen LogP contribution in [0, 0.1) is 18.3 Å². The molecule has 1 aromatic carbocycles. The van der Waals surface area contributed by atoms with Crippen molar-refractivity contribution in [3.05, 3.63) is 57.0 Å². The number of aromatic nitrogens is 1. The van der Waals surface area contributed by atoms with Gasteiger partial charge in [-0.15, -0.1) is 0 Å². The maximum Gasteiger partial charge on any atom is 0.268 e. The van der Waals surface area contributed by atoms with Gasteiger partial charge in [-0.25, -0.2) is 0 Å². The highest BCUT2D eigenvalue weighted by atomic mass is 35.5. The first kappa shape index (κ1) is 12.4. The van der Waals surface area contributed by atoms with E-state index >= 15 is 0 Å². The minimum Gasteiger partial charge on any atom is -0.314 e. The van der Waals surface area contributed by atoms with Crippen LogP contribution in [0.15, 0.2) is 35.1 Å². The quantitative estimate of drug-likeness (QED) is 0.790. The van der Waals surface area contributed by atoms with Gasteiger partial charge >= 0.3 is 0 Å². The lowest BCUT2D eigenvalue weighted by Crippen LogP contribution is -2.22. The molecule has 0 spiro atoms. The number of hydrogen-bond acceptors (Lipinski definition) is 2. The van der Waals surface area contributed by atoms with Crippen LogP contribution in [0.1, 0.15) is 11.3 Å². The molecule has 0 saturated heterocycles. The Kier molecular flexibility index (Phi) is 3.22. The molecule has 0 N–H and O–H groups in total. The predicted octanol–water partition coefficient (Wildman–Crippen LogP) is 2.89. The maximum absolute atomic E-state index is 11.8. The van der Waals surface area contributed by atoms with Crippen molar-refractivity contribution in [3.63, 3.8) is 0 Å². The Balaban J connectivity index is 2.77. The molecule has 0 radical (unpaired) electrons. The molecule has 0 atom stereocenters. The standard InChI is InChI=1S/C14H11ClN2O/c1-9-13(10-4-3-5-12(15)6-10)7-11(8-16)14(18)17(9)2/h3-7H,1-2H3. The summed E-state index contributed by atoms with van der Waals surface area (Å²) in [5.41, 5.74) is 2.41. The monoisotopic (exact) mass is 258 g/mol. The molecule has 0 fully saturated rings. The summed E-state index contributed by atoms with van der Waals surface area (Å²) in [6.45, 7) is 1.85. The Morgan fingerprint density at radius 3 is 2.67 bits per heavy atom. The summed E-state index contributed by atoms with van der Waals surface area (Å²) >= 11 is 5.96. The Labute approximate surface area is 110 Å². The molecule has 4 heteroatoms. The Morgan fingerprint density at radius 1 is 1.33 bits per heavy atom. The summed E-state index contributed by atoms with van der Waals surface area (Å²) in [6.07, 6.45) is 0. The van der Waals surface area contributed by atoms with Crippen LogP contribution < -0.4 is 5.56 Å². The molecule has 2 rings (SSSR count). The molecule has 90 valence electrons. The molecule has 1 aromatic heterocycles. The van der Waals surface area contributed by atoms with Crippen molar-refractivity contribution in [2.45, 2.75) is 6.92 Å². The molecule has 1 heterocycles. The molecular formula is C14H11ClN2O. The van der Waals surface area contributed by atoms with Crippen molar-refractivity contribution in [1.82, 2.24) is 4.57 Å². The number of hydrogen-bond donors (Lipinski definition) is 0. The van der Waals surface area contributed by atoms with Crippen LogP contribution in [0.5, 0.6) is 0 Å². The van der Waals surface area contributed by atoms with Gasteiger partial charge in [-0.3, -0.25) is 4.79 Å². The number of halogens is 1. The lowest BCUT2D eigenvalue weighted by Gasteiger charge is -2.11. The third-order valence-corrected chi connectivity index (χ3v) is 3.21. The molecule has 0 aliphatic carbocycles. The predicted molar refractivity (Wildman–Crippen MR) is 71.6 cm³/mol. The molecule has 0 amide bonds. The Bertz CT molecular complexity index is 711. The third-order valence-electron chi connectivity index (χ3n) is 2.97. The number of rotatable bonds is 1. The second kappa shape index (κ2) is 4.67. The van der Waals surface area contributed by atoms with Crippen LogP contribution in [0.3, 0.4) is 0 Å². The summed E-state index contributed by atoms with van der Waals surface area (Å²) in [5, 5.41) is 9.59. The van der Waals surface area contributed by atoms with Crippen molar-refractivity contribution in [2.24, 2.45) is 7.05 Å². The van der Waals surface area contributed by atoms with Crippen LogP contribution in [0.4, 0.5) is 0 Å². The molecular weight excluding hydrogens is 248 g/mol. The van der Waals surface area contributed by atoms with Crippen LogP contribution in [-0.4, -0.2) is 4.57 Å². The lowest BCUT2D eigenvalue weighted by atomic mass is 10.0. The van der Waals surface area contributed by atoms with E-state index in [9.17, 15) is 4.79 Å². The van der Waals surface area contributed by atoms with Crippen molar-refractivity contribution < 1.29 is 0 Å². The van der Waals surface area contributed by atoms with E-state index in [0.717, 1.165) is 16.8 Å². The molecule has 0 unspecified atom stereocenters. The zero-order valence-electron chi connectivity index (χ0n) is 10.1. The van der Waals surface area contributed by atoms with Crippen LogP contribution in [0.2, 0.25) is 5.02 Å². The SMILES string of the molecule is Cc1c(-c2cccc(Cl)c2)cc(C#N)c(=O)n1C. The van der Waals surface area contributed by atoms with Gasteiger partial charge < -0.3 is 4.57 Å². The van der Waals surface area contributed by atoms with Gasteiger partial charge in [0.1, 0.15) is 11.6 Å². The van der Waals surface area contributed by atoms with Gasteiger partial charge in [-0.05, 0) is 30.7 Å². The average Bonchev–Trinajstić information content (AvgIpc) is 2.36. The highest BCUT2D eigenvalue weighted by molar-refractivity contribution is 6.30. The first-order valence-electron chi connectivity index (χ1n) is 5.41. The number of nitriles is 1. The topological polar surface area (TPSA) is 45.8 Å². The van der Waals surface area contributed by atoms with E-state index in [2.05, 4.69) is 0 Å². The first-order valence-corrected chi connectivity index (χ1v) is 5.79. The minimum atomic E-state index is -0.277. The fraction of sp³-hybridized carbons (Fsp3) is 0.143. The minimum absolute atomic E-state index is 0.137. The fourth-order valence-corrected chi connectivity index (χ4v) is 2.04. The van der Waals surface area contributed by atoms with E-state index in [1.165, 1.54) is 4.57 Å². The Morgan fingerprint density at radius 2 is 2.06 bits per heavy atom. The third kappa shape index (κ3) is 2.03. The molecule has 0 bridgehead atoms. The molecule has 18 heavy (non-hydrogen) atoms. The normalized spacial score (nSPS) is 10.1. The summed E-state index contributed by atoms with van der Waals surface area (Å²) in [5.74, 6) is 0. The summed E-state index contributed by atoms with van der Waals surface area (Å²) in [4.78, 5) is 11.8. The van der Waals surface area contributed by atoms with Gasteiger partial charge in [0.25, 0.3) is 5.56 Å². The Hall–Kier alpha value is -2.05. The second-order valence-electron chi connectivity index (χ2n) is 4.04. The molecule has 0 aliphatic heterocycles. The van der Waals surface area contributed by atoms with Crippen molar-refractivity contribution in [2.75, 3.05) is 0 Å². The second-order valence-corrected chi connectivity index (χ2v) is 4.48. The lowest BCUT2D eigenvalue weighted by molar-refractivity contribution is 0.817. The zero-order valence-corrected chi connectivity index (χ0v) is 10.8. The highest BCUT2D eigenvalue weighted by Gasteiger charge is 2.10. The van der Waals surface area contributed by atoms with Crippen LogP contribution in [-0.2, 0) is 7.05 Å². The number of pyridine rings is 1. The van der Waals surface area contributed by atoms with E-state index in [1.54, 1.807) is 19.2 Å². The van der Waals surface area contributed by atoms with Crippen molar-refractivity contribution >= 4 is 11.6 Å². The van der Waals surface area contributed by atoms with E-state index < -0.39 is 0 Å². The maximum atomic E-state index is 11.8. The zero-order chi connectivity index (χ0) is 13.3. The molecule has 0 aliphatic rings. The van der Waals surface area contributed by atoms with Crippen LogP contribution in [0.25, 0.3) is 11.1 Å². The van der Waals surface area contributed by atoms with E-state index in [0.29, 0.717) is 5.02 Å². The van der Waals surface area contributed by atoms with E-state index in [-0.39, 0.29) is 11.1 Å². The fourth-order valence-electron chi connectivity index (χ4n) is 1.85. The molecule has 2 aromatic rings. The average molecular weight is 259 g/mol. The van der Waals surface area contributed by atoms with Gasteiger partial charge in [-0.1, -0.05) is 23.7 Å². The summed E-state index contributed by atoms with van der Waals surface area (Å²) in [7, 11) is 1.66. The number of benzene rings is 1. The molecule has 3 nitrogen and oxygen atoms in total.